The summed E-state index contributed by atoms with van der Waals surface area (Å²) in [5.41, 5.74) is 8.32. The second kappa shape index (κ2) is 7.83. The molecule has 3 rings (SSSR count). The fourth-order valence-electron chi connectivity index (χ4n) is 3.44. The smallest absolute Gasteiger partial charge is 0.251 e. The molecule has 0 fully saturated rings. The second-order valence-corrected chi connectivity index (χ2v) is 7.73. The molecule has 3 N–H and O–H groups in total. The number of amides is 2. The van der Waals surface area contributed by atoms with Crippen molar-refractivity contribution in [2.45, 2.75) is 45.4 Å². The molecule has 1 atom stereocenters. The third-order valence-electron chi connectivity index (χ3n) is 4.93. The average molecular weight is 356 g/mol. The molecule has 25 heavy (non-hydrogen) atoms. The number of primary amides is 1. The molecule has 0 saturated carbocycles. The van der Waals surface area contributed by atoms with Crippen molar-refractivity contribution in [1.29, 1.82) is 0 Å². The van der Waals surface area contributed by atoms with Gasteiger partial charge in [0.05, 0.1) is 5.56 Å². The molecule has 0 spiro atoms. The highest BCUT2D eigenvalue weighted by Gasteiger charge is 2.27. The predicted molar refractivity (Wildman–Crippen MR) is 102 cm³/mol. The number of nitrogens with two attached hydrogens (primary N) is 1. The quantitative estimate of drug-likeness (QED) is 0.823. The van der Waals surface area contributed by atoms with Crippen LogP contribution in [-0.2, 0) is 24.1 Å². The van der Waals surface area contributed by atoms with Gasteiger partial charge < -0.3 is 11.1 Å². The van der Waals surface area contributed by atoms with Crippen molar-refractivity contribution in [2.24, 2.45) is 11.7 Å². The normalized spacial score (nSPS) is 16.3. The molecular weight excluding hydrogens is 332 g/mol. The number of anilines is 1. The van der Waals surface area contributed by atoms with E-state index in [2.05, 4.69) is 12.2 Å². The molecule has 1 aromatic carbocycles. The van der Waals surface area contributed by atoms with Crippen LogP contribution < -0.4 is 11.1 Å². The van der Waals surface area contributed by atoms with Gasteiger partial charge in [-0.3, -0.25) is 9.59 Å². The Labute approximate surface area is 152 Å². The lowest BCUT2D eigenvalue weighted by molar-refractivity contribution is -0.116. The molecule has 1 aromatic heterocycles. The van der Waals surface area contributed by atoms with E-state index in [4.69, 9.17) is 5.73 Å². The zero-order valence-electron chi connectivity index (χ0n) is 14.5. The summed E-state index contributed by atoms with van der Waals surface area (Å²) < 4.78 is 0. The van der Waals surface area contributed by atoms with Crippen molar-refractivity contribution in [1.82, 2.24) is 0 Å². The van der Waals surface area contributed by atoms with Gasteiger partial charge in [0.15, 0.2) is 0 Å². The summed E-state index contributed by atoms with van der Waals surface area (Å²) in [6.07, 6.45) is 5.16. The number of carbonyl (C=O) groups excluding carboxylic acids is 2. The van der Waals surface area contributed by atoms with Crippen LogP contribution in [0.1, 0.15) is 52.5 Å². The van der Waals surface area contributed by atoms with E-state index in [1.807, 2.05) is 30.3 Å². The molecule has 1 aliphatic rings. The van der Waals surface area contributed by atoms with Gasteiger partial charge in [-0.05, 0) is 42.7 Å². The van der Waals surface area contributed by atoms with Gasteiger partial charge in [-0.1, -0.05) is 43.7 Å². The number of thiophene rings is 1. The largest absolute Gasteiger partial charge is 0.365 e. The van der Waals surface area contributed by atoms with Gasteiger partial charge in [0.1, 0.15) is 5.00 Å². The highest BCUT2D eigenvalue weighted by molar-refractivity contribution is 7.17. The number of hydrogen-bond donors (Lipinski definition) is 2. The van der Waals surface area contributed by atoms with Crippen LogP contribution in [0, 0.1) is 5.92 Å². The van der Waals surface area contributed by atoms with E-state index in [0.29, 0.717) is 29.3 Å². The molecule has 0 aliphatic heterocycles. The summed E-state index contributed by atoms with van der Waals surface area (Å²) in [5.74, 6) is 0.149. The first-order valence-electron chi connectivity index (χ1n) is 8.86. The molecule has 0 radical (unpaired) electrons. The molecule has 132 valence electrons. The maximum atomic E-state index is 12.3. The van der Waals surface area contributed by atoms with Crippen LogP contribution in [0.15, 0.2) is 30.3 Å². The molecule has 0 unspecified atom stereocenters. The molecule has 2 amide bonds. The first kappa shape index (κ1) is 17.7. The van der Waals surface area contributed by atoms with E-state index < -0.39 is 5.91 Å². The Hall–Kier alpha value is -2.14. The van der Waals surface area contributed by atoms with Gasteiger partial charge in [-0.2, -0.15) is 0 Å². The van der Waals surface area contributed by atoms with Crippen molar-refractivity contribution >= 4 is 28.2 Å². The summed E-state index contributed by atoms with van der Waals surface area (Å²) in [6.45, 7) is 2.20. The number of fused-ring (bicyclic) bond motifs is 1. The number of carbonyl (C=O) groups is 2. The lowest BCUT2D eigenvalue weighted by atomic mass is 9.85. The van der Waals surface area contributed by atoms with Gasteiger partial charge in [0.2, 0.25) is 5.91 Å². The number of aryl methyl sites for hydroxylation is 1. The Morgan fingerprint density at radius 2 is 2.04 bits per heavy atom. The van der Waals surface area contributed by atoms with Crippen LogP contribution in [0.2, 0.25) is 0 Å². The van der Waals surface area contributed by atoms with Crippen molar-refractivity contribution in [3.05, 3.63) is 51.9 Å². The number of rotatable bonds is 6. The van der Waals surface area contributed by atoms with Gasteiger partial charge in [0.25, 0.3) is 5.91 Å². The monoisotopic (exact) mass is 356 g/mol. The van der Waals surface area contributed by atoms with Crippen LogP contribution >= 0.6 is 11.3 Å². The third-order valence-corrected chi connectivity index (χ3v) is 6.10. The molecule has 1 aliphatic carbocycles. The van der Waals surface area contributed by atoms with E-state index in [9.17, 15) is 9.59 Å². The maximum absolute atomic E-state index is 12.3. The fourth-order valence-corrected chi connectivity index (χ4v) is 4.83. The molecule has 2 aromatic rings. The Balaban J connectivity index is 1.72. The van der Waals surface area contributed by atoms with E-state index in [-0.39, 0.29) is 5.91 Å². The minimum Gasteiger partial charge on any atom is -0.365 e. The zero-order valence-corrected chi connectivity index (χ0v) is 15.3. The Kier molecular flexibility index (Phi) is 5.53. The first-order chi connectivity index (χ1) is 12.1. The molecule has 1 heterocycles. The van der Waals surface area contributed by atoms with E-state index in [1.54, 1.807) is 0 Å². The Bertz CT molecular complexity index is 768. The molecule has 0 saturated heterocycles. The average Bonchev–Trinajstić information content (AvgIpc) is 2.97. The summed E-state index contributed by atoms with van der Waals surface area (Å²) >= 11 is 1.53. The maximum Gasteiger partial charge on any atom is 0.251 e. The van der Waals surface area contributed by atoms with Crippen LogP contribution in [0.3, 0.4) is 0 Å². The van der Waals surface area contributed by atoms with Crippen LogP contribution in [0.4, 0.5) is 5.00 Å². The standard InChI is InChI=1S/C20H24N2O2S/c1-2-13-8-10-15-16(12-13)25-20(18(15)19(21)24)22-17(23)11-9-14-6-4-3-5-7-14/h3-7,13H,2,8-12H2,1H3,(H2,21,24)(H,22,23)/t13-/m0/s1. The molecule has 0 bridgehead atoms. The molecule has 4 nitrogen and oxygen atoms in total. The lowest BCUT2D eigenvalue weighted by Crippen LogP contribution is -2.19. The highest BCUT2D eigenvalue weighted by Crippen LogP contribution is 2.40. The minimum atomic E-state index is -0.439. The first-order valence-corrected chi connectivity index (χ1v) is 9.68. The van der Waals surface area contributed by atoms with Gasteiger partial charge in [0, 0.05) is 11.3 Å². The van der Waals surface area contributed by atoms with Gasteiger partial charge in [-0.25, -0.2) is 0 Å². The van der Waals surface area contributed by atoms with Gasteiger partial charge in [-0.15, -0.1) is 11.3 Å². The van der Waals surface area contributed by atoms with Crippen LogP contribution in [0.5, 0.6) is 0 Å². The van der Waals surface area contributed by atoms with Crippen LogP contribution in [-0.4, -0.2) is 11.8 Å². The summed E-state index contributed by atoms with van der Waals surface area (Å²) in [6, 6.07) is 9.92. The third kappa shape index (κ3) is 4.10. The number of benzene rings is 1. The fraction of sp³-hybridized carbons (Fsp3) is 0.400. The Morgan fingerprint density at radius 1 is 1.28 bits per heavy atom. The zero-order chi connectivity index (χ0) is 17.8. The summed E-state index contributed by atoms with van der Waals surface area (Å²) in [4.78, 5) is 25.5. The molecular formula is C20H24N2O2S. The predicted octanol–water partition coefficient (Wildman–Crippen LogP) is 3.93. The second-order valence-electron chi connectivity index (χ2n) is 6.62. The van der Waals surface area contributed by atoms with Crippen molar-refractivity contribution < 1.29 is 9.59 Å². The van der Waals surface area contributed by atoms with Gasteiger partial charge >= 0.3 is 0 Å². The van der Waals surface area contributed by atoms with E-state index in [1.165, 1.54) is 16.2 Å². The van der Waals surface area contributed by atoms with Crippen molar-refractivity contribution in [3.63, 3.8) is 0 Å². The van der Waals surface area contributed by atoms with Crippen LogP contribution in [0.25, 0.3) is 0 Å². The van der Waals surface area contributed by atoms with Crippen molar-refractivity contribution in [2.75, 3.05) is 5.32 Å². The lowest BCUT2D eigenvalue weighted by Gasteiger charge is -2.20. The summed E-state index contributed by atoms with van der Waals surface area (Å²) in [5, 5.41) is 3.56. The highest BCUT2D eigenvalue weighted by atomic mass is 32.1. The van der Waals surface area contributed by atoms with E-state index in [0.717, 1.165) is 36.8 Å². The number of hydrogen-bond acceptors (Lipinski definition) is 3. The topological polar surface area (TPSA) is 72.2 Å². The summed E-state index contributed by atoms with van der Waals surface area (Å²) in [7, 11) is 0. The van der Waals surface area contributed by atoms with Crippen molar-refractivity contribution in [3.8, 4) is 0 Å². The Morgan fingerprint density at radius 3 is 2.72 bits per heavy atom. The van der Waals surface area contributed by atoms with E-state index >= 15 is 0 Å². The molecule has 5 heteroatoms. The SMILES string of the molecule is CC[C@H]1CCc2c(sc(NC(=O)CCc3ccccc3)c2C(N)=O)C1. The number of nitrogens with one attached hydrogen (secondary N) is 1. The minimum absolute atomic E-state index is 0.0722.